The monoisotopic (exact) mass is 1240 g/mol. The highest BCUT2D eigenvalue weighted by atomic mass is 35.5. The third kappa shape index (κ3) is 14.3. The molecule has 2 aliphatic rings. The molecule has 6 heterocycles. The highest BCUT2D eigenvalue weighted by molar-refractivity contribution is 6.31. The average molecular weight is 1250 g/mol. The molecule has 2 atom stereocenters. The summed E-state index contributed by atoms with van der Waals surface area (Å²) in [7, 11) is 5.21. The van der Waals surface area contributed by atoms with E-state index < -0.39 is 87.8 Å². The fraction of sp³-hybridized carbons (Fsp3) is 0.417. The number of ketones is 1. The van der Waals surface area contributed by atoms with Crippen molar-refractivity contribution in [2.45, 2.75) is 110 Å². The number of rotatable bonds is 13. The van der Waals surface area contributed by atoms with Gasteiger partial charge in [-0.15, -0.1) is 0 Å². The van der Waals surface area contributed by atoms with Gasteiger partial charge in [0.2, 0.25) is 0 Å². The van der Waals surface area contributed by atoms with Crippen LogP contribution >= 0.6 is 23.2 Å². The van der Waals surface area contributed by atoms with E-state index >= 15 is 0 Å². The van der Waals surface area contributed by atoms with Gasteiger partial charge in [-0.05, 0) is 115 Å². The van der Waals surface area contributed by atoms with Gasteiger partial charge in [-0.1, -0.05) is 53.5 Å². The molecule has 3 N–H and O–H groups in total. The van der Waals surface area contributed by atoms with Crippen LogP contribution < -0.4 is 42.9 Å². The Labute approximate surface area is 507 Å². The Balaban J connectivity index is 0.000000231. The highest BCUT2D eigenvalue weighted by Gasteiger charge is 2.37. The second-order valence-electron chi connectivity index (χ2n) is 23.1. The maximum absolute atomic E-state index is 14.5. The minimum Gasteiger partial charge on any atom is -0.465 e. The number of methoxy groups -OCH3 is 2. The largest absolute Gasteiger partial charge is 0.465 e. The molecule has 4 aromatic heterocycles. The number of benzene rings is 3. The van der Waals surface area contributed by atoms with Crippen molar-refractivity contribution in [1.82, 2.24) is 38.5 Å². The number of alkyl carbamates (subject to hydrolysis) is 2. The number of ether oxygens (including phenoxy) is 4. The maximum atomic E-state index is 14.5. The van der Waals surface area contributed by atoms with Crippen molar-refractivity contribution < 1.29 is 51.7 Å². The number of hydrogen-bond acceptors (Lipinski definition) is 15. The first-order valence-corrected chi connectivity index (χ1v) is 28.6. The van der Waals surface area contributed by atoms with E-state index in [0.29, 0.717) is 61.3 Å². The van der Waals surface area contributed by atoms with Crippen molar-refractivity contribution >= 4 is 86.8 Å². The van der Waals surface area contributed by atoms with E-state index in [2.05, 4.69) is 15.6 Å². The molecule has 2 aliphatic heterocycles. The van der Waals surface area contributed by atoms with Crippen LogP contribution in [0.3, 0.4) is 0 Å². The summed E-state index contributed by atoms with van der Waals surface area (Å²) in [4.78, 5) is 125. The first-order valence-electron chi connectivity index (χ1n) is 27.8. The Hall–Kier alpha value is -8.71. The van der Waals surface area contributed by atoms with Gasteiger partial charge in [0.05, 0.1) is 44.9 Å². The summed E-state index contributed by atoms with van der Waals surface area (Å²) >= 11 is 12.9. The van der Waals surface area contributed by atoms with Crippen LogP contribution in [0, 0.1) is 11.6 Å². The van der Waals surface area contributed by atoms with Crippen molar-refractivity contribution in [1.29, 1.82) is 0 Å². The first kappa shape index (κ1) is 64.3. The van der Waals surface area contributed by atoms with Crippen LogP contribution in [0.5, 0.6) is 0 Å². The van der Waals surface area contributed by atoms with Crippen molar-refractivity contribution in [3.63, 3.8) is 0 Å². The van der Waals surface area contributed by atoms with Gasteiger partial charge in [-0.3, -0.25) is 33.1 Å². The molecule has 0 spiro atoms. The van der Waals surface area contributed by atoms with Crippen LogP contribution in [0.25, 0.3) is 22.1 Å². The van der Waals surface area contributed by atoms with E-state index in [1.807, 2.05) is 9.80 Å². The Morgan fingerprint density at radius 1 is 0.621 bits per heavy atom. The zero-order valence-electron chi connectivity index (χ0n) is 49.7. The second kappa shape index (κ2) is 26.1. The molecule has 0 bridgehead atoms. The maximum Gasteiger partial charge on any atom is 0.407 e. The van der Waals surface area contributed by atoms with E-state index in [4.69, 9.17) is 42.1 Å². The number of esters is 2. The molecule has 0 aliphatic carbocycles. The number of carbonyl (C=O) groups is 5. The highest BCUT2D eigenvalue weighted by Crippen LogP contribution is 2.37. The number of piperidine rings is 2. The molecule has 0 unspecified atom stereocenters. The summed E-state index contributed by atoms with van der Waals surface area (Å²) in [5.41, 5.74) is -3.62. The van der Waals surface area contributed by atoms with Crippen LogP contribution in [-0.4, -0.2) is 121 Å². The van der Waals surface area contributed by atoms with Crippen molar-refractivity contribution in [3.05, 3.63) is 158 Å². The first-order chi connectivity index (χ1) is 41.0. The summed E-state index contributed by atoms with van der Waals surface area (Å²) in [6.45, 7) is 11.1. The van der Waals surface area contributed by atoms with Crippen LogP contribution in [0.2, 0.25) is 10.0 Å². The lowest BCUT2D eigenvalue weighted by Gasteiger charge is -2.36. The average Bonchev–Trinajstić information content (AvgIpc) is 1.60. The van der Waals surface area contributed by atoms with Crippen LogP contribution in [0.15, 0.2) is 85.9 Å². The molecule has 3 aromatic carbocycles. The normalized spacial score (nSPS) is 15.4. The second-order valence-corrected chi connectivity index (χ2v) is 23.9. The predicted molar refractivity (Wildman–Crippen MR) is 323 cm³/mol. The number of aryl methyl sites for hydroxylation is 2. The summed E-state index contributed by atoms with van der Waals surface area (Å²) < 4.78 is 55.9. The zero-order chi connectivity index (χ0) is 63.6. The van der Waals surface area contributed by atoms with Gasteiger partial charge in [0.1, 0.15) is 56.6 Å². The quantitative estimate of drug-likeness (QED) is 0.0569. The van der Waals surface area contributed by atoms with Crippen LogP contribution in [-0.2, 0) is 52.7 Å². The fourth-order valence-corrected chi connectivity index (χ4v) is 11.2. The molecule has 0 radical (unpaired) electrons. The SMILES string of the molecule is COC(=O)c1c(N2CCC[C@@H](NC(=O)OC(C)(C)C)C2)n(Cc2cc(F)ccc2Cl)c2c(=O)[nH]c(=O)n(C)c12.COC(=O)c1c(N2CCC[C@@H](NC(=O)OC(C)(C)C)C2)n(Cc2cc(F)ccc2Cl)c2c(=O)n(CC(=O)c3ccccc3)c(=O)n(C)c12. The molecule has 2 fully saturated rings. The third-order valence-corrected chi connectivity index (χ3v) is 15.3. The van der Waals surface area contributed by atoms with E-state index in [-0.39, 0.29) is 81.3 Å². The van der Waals surface area contributed by atoms with Gasteiger partial charge in [0.15, 0.2) is 5.78 Å². The number of anilines is 2. The third-order valence-electron chi connectivity index (χ3n) is 14.5. The number of aromatic amines is 1. The van der Waals surface area contributed by atoms with Crippen molar-refractivity contribution in [2.24, 2.45) is 14.1 Å². The Kier molecular flexibility index (Phi) is 19.3. The lowest BCUT2D eigenvalue weighted by Crippen LogP contribution is -2.49. The summed E-state index contributed by atoms with van der Waals surface area (Å²) in [5, 5.41) is 6.21. The lowest BCUT2D eigenvalue weighted by atomic mass is 10.1. The van der Waals surface area contributed by atoms with Crippen molar-refractivity contribution in [3.8, 4) is 0 Å². The summed E-state index contributed by atoms with van der Waals surface area (Å²) in [6, 6.07) is 15.2. The van der Waals surface area contributed by atoms with Gasteiger partial charge in [0, 0.05) is 68.0 Å². The molecule has 87 heavy (non-hydrogen) atoms. The van der Waals surface area contributed by atoms with Gasteiger partial charge >= 0.3 is 35.5 Å². The number of amides is 2. The van der Waals surface area contributed by atoms with Gasteiger partial charge in [-0.2, -0.15) is 0 Å². The van der Waals surface area contributed by atoms with Gasteiger partial charge < -0.3 is 48.5 Å². The number of carbonyl (C=O) groups excluding carboxylic acids is 5. The number of Topliss-reactive ketones (excluding diaryl/α,β-unsaturated/α-hetero) is 1. The Morgan fingerprint density at radius 2 is 1.07 bits per heavy atom. The molecule has 0 saturated carbocycles. The molecule has 2 saturated heterocycles. The fourth-order valence-electron chi connectivity index (χ4n) is 10.9. The molecular formula is C60H68Cl2F2N10O13. The molecule has 464 valence electrons. The number of H-pyrrole nitrogens is 1. The number of hydrogen-bond donors (Lipinski definition) is 3. The molecule has 23 nitrogen and oxygen atoms in total. The number of fused-ring (bicyclic) bond motifs is 2. The minimum absolute atomic E-state index is 0.00337. The number of nitrogens with one attached hydrogen (secondary N) is 3. The van der Waals surface area contributed by atoms with Crippen LogP contribution in [0.4, 0.5) is 30.0 Å². The molecule has 27 heteroatoms. The lowest BCUT2D eigenvalue weighted by molar-refractivity contribution is 0.0487. The Bertz CT molecular complexity index is 4080. The van der Waals surface area contributed by atoms with E-state index in [9.17, 15) is 51.9 Å². The van der Waals surface area contributed by atoms with Crippen LogP contribution in [0.1, 0.15) is 109 Å². The smallest absolute Gasteiger partial charge is 0.407 e. The predicted octanol–water partition coefficient (Wildman–Crippen LogP) is 7.65. The van der Waals surface area contributed by atoms with Gasteiger partial charge in [-0.25, -0.2) is 37.5 Å². The van der Waals surface area contributed by atoms with E-state index in [1.165, 1.54) is 73.8 Å². The number of halogens is 4. The summed E-state index contributed by atoms with van der Waals surface area (Å²) in [6.07, 6.45) is 1.29. The number of nitrogens with zero attached hydrogens (tertiary/aromatic N) is 7. The van der Waals surface area contributed by atoms with E-state index in [0.717, 1.165) is 13.7 Å². The minimum atomic E-state index is -0.832. The summed E-state index contributed by atoms with van der Waals surface area (Å²) in [5.74, 6) is -2.65. The topological polar surface area (TPSA) is 262 Å². The molecular weight excluding hydrogens is 1180 g/mol. The zero-order valence-corrected chi connectivity index (χ0v) is 51.2. The van der Waals surface area contributed by atoms with E-state index in [1.54, 1.807) is 71.9 Å². The van der Waals surface area contributed by atoms with Gasteiger partial charge in [0.25, 0.3) is 11.1 Å². The molecule has 9 rings (SSSR count). The molecule has 2 amide bonds. The Morgan fingerprint density at radius 3 is 1.52 bits per heavy atom. The standard InChI is InChI=1S/C34H37ClFN5O7.C26H31ClFN5O6/c1-34(2,3)48-32(45)37-23-12-9-15-39(18-23)29-26(31(44)47-5)27-28(40(29)17-21-16-22(36)13-14-24(21)35)30(43)41(33(46)38(27)4)19-25(42)20-10-7-6-8-11-20;1-26(2,3)39-25(37)29-16-7-6-10-32(13-16)22-18(23(35)38-5)19-20(21(34)30-24(36)31(19)4)33(22)12-14-11-15(28)8-9-17(14)27/h6-8,10-11,13-14,16,23H,9,12,15,17-19H2,1-5H3,(H,37,45);8-9,11,16H,6-7,10,12-13H2,1-5H3,(H,29,37)(H,30,34,36)/t23-;16-/m11/s1. The molecule has 7 aromatic rings. The van der Waals surface area contributed by atoms with Crippen molar-refractivity contribution in [2.75, 3.05) is 50.2 Å². The number of aromatic nitrogens is 6.